The molecule has 0 amide bonds. The lowest BCUT2D eigenvalue weighted by molar-refractivity contribution is 0.0296. The summed E-state index contributed by atoms with van der Waals surface area (Å²) in [5.74, 6) is 2.00. The highest BCUT2D eigenvalue weighted by Crippen LogP contribution is 2.24. The Labute approximate surface area is 120 Å². The maximum Gasteiger partial charge on any atom is 0.223 e. The first-order valence-corrected chi connectivity index (χ1v) is 7.40. The van der Waals surface area contributed by atoms with Gasteiger partial charge in [-0.25, -0.2) is 0 Å². The van der Waals surface area contributed by atoms with Gasteiger partial charge in [-0.05, 0) is 19.8 Å². The van der Waals surface area contributed by atoms with E-state index < -0.39 is 0 Å². The zero-order valence-corrected chi connectivity index (χ0v) is 12.6. The average Bonchev–Trinajstić information content (AvgIpc) is 2.44. The van der Waals surface area contributed by atoms with Gasteiger partial charge in [0, 0.05) is 19.2 Å². The van der Waals surface area contributed by atoms with Crippen molar-refractivity contribution >= 4 is 17.6 Å². The van der Waals surface area contributed by atoms with Crippen molar-refractivity contribution in [3.05, 3.63) is 6.07 Å². The van der Waals surface area contributed by atoms with Crippen LogP contribution in [0.3, 0.4) is 0 Å². The molecule has 3 N–H and O–H groups in total. The molecule has 2 atom stereocenters. The Morgan fingerprint density at radius 3 is 2.95 bits per heavy atom. The molecule has 1 aromatic heterocycles. The zero-order valence-electron chi connectivity index (χ0n) is 12.6. The molecule has 2 unspecified atom stereocenters. The van der Waals surface area contributed by atoms with Gasteiger partial charge in [0.05, 0.1) is 18.8 Å². The van der Waals surface area contributed by atoms with Crippen LogP contribution in [0.4, 0.5) is 17.6 Å². The van der Waals surface area contributed by atoms with Crippen molar-refractivity contribution in [2.75, 3.05) is 35.6 Å². The zero-order chi connectivity index (χ0) is 14.5. The third-order valence-corrected chi connectivity index (χ3v) is 3.52. The van der Waals surface area contributed by atoms with Crippen LogP contribution >= 0.6 is 0 Å². The molecular weight excluding hydrogens is 254 g/mol. The first-order valence-electron chi connectivity index (χ1n) is 7.40. The van der Waals surface area contributed by atoms with Gasteiger partial charge in [-0.15, -0.1) is 0 Å². The van der Waals surface area contributed by atoms with Crippen LogP contribution in [0, 0.1) is 0 Å². The number of hydrogen-bond acceptors (Lipinski definition) is 6. The number of nitrogens with zero attached hydrogens (tertiary/aromatic N) is 3. The van der Waals surface area contributed by atoms with E-state index in [2.05, 4.69) is 41.0 Å². The van der Waals surface area contributed by atoms with Crippen LogP contribution in [-0.2, 0) is 4.74 Å². The summed E-state index contributed by atoms with van der Waals surface area (Å²) in [5.41, 5.74) is 5.84. The third-order valence-electron chi connectivity index (χ3n) is 3.52. The number of nitrogen functional groups attached to an aromatic ring is 1. The summed E-state index contributed by atoms with van der Waals surface area (Å²) >= 11 is 0. The van der Waals surface area contributed by atoms with Crippen molar-refractivity contribution in [1.29, 1.82) is 0 Å². The van der Waals surface area contributed by atoms with Crippen molar-refractivity contribution in [2.45, 2.75) is 45.8 Å². The van der Waals surface area contributed by atoms with E-state index in [-0.39, 0.29) is 6.10 Å². The van der Waals surface area contributed by atoms with Gasteiger partial charge >= 0.3 is 0 Å². The molecule has 0 spiro atoms. The molecule has 1 aliphatic heterocycles. The normalized spacial score (nSPS) is 22.9. The van der Waals surface area contributed by atoms with Crippen LogP contribution in [0.5, 0.6) is 0 Å². The second kappa shape index (κ2) is 6.74. The maximum absolute atomic E-state index is 5.84. The minimum Gasteiger partial charge on any atom is -0.375 e. The standard InChI is InChI=1S/C14H25N5O/c1-4-6-16-12-7-13(18-14(15)17-12)19-8-10(3)20-9-11(19)5-2/h7,10-11H,4-6,8-9H2,1-3H3,(H3,15,16,17,18). The minimum atomic E-state index is 0.209. The molecule has 2 heterocycles. The van der Waals surface area contributed by atoms with Crippen LogP contribution in [0.1, 0.15) is 33.6 Å². The fourth-order valence-electron chi connectivity index (χ4n) is 2.41. The molecule has 1 saturated heterocycles. The Bertz CT molecular complexity index is 440. The van der Waals surface area contributed by atoms with Crippen molar-refractivity contribution in [3.63, 3.8) is 0 Å². The summed E-state index contributed by atoms with van der Waals surface area (Å²) in [5, 5.41) is 3.27. The largest absolute Gasteiger partial charge is 0.375 e. The van der Waals surface area contributed by atoms with Crippen molar-refractivity contribution in [1.82, 2.24) is 9.97 Å². The van der Waals surface area contributed by atoms with Crippen molar-refractivity contribution < 1.29 is 4.74 Å². The lowest BCUT2D eigenvalue weighted by Gasteiger charge is -2.39. The fourth-order valence-corrected chi connectivity index (χ4v) is 2.41. The van der Waals surface area contributed by atoms with Crippen LogP contribution < -0.4 is 16.0 Å². The van der Waals surface area contributed by atoms with Crippen molar-refractivity contribution in [3.8, 4) is 0 Å². The van der Waals surface area contributed by atoms with Crippen LogP contribution in [-0.4, -0.2) is 41.8 Å². The lowest BCUT2D eigenvalue weighted by Crippen LogP contribution is -2.49. The van der Waals surface area contributed by atoms with Gasteiger partial charge in [-0.3, -0.25) is 0 Å². The Hall–Kier alpha value is -1.56. The van der Waals surface area contributed by atoms with Crippen LogP contribution in [0.25, 0.3) is 0 Å². The first kappa shape index (κ1) is 14.8. The number of hydrogen-bond donors (Lipinski definition) is 2. The summed E-state index contributed by atoms with van der Waals surface area (Å²) in [7, 11) is 0. The summed E-state index contributed by atoms with van der Waals surface area (Å²) < 4.78 is 5.73. The highest BCUT2D eigenvalue weighted by Gasteiger charge is 2.27. The summed E-state index contributed by atoms with van der Waals surface area (Å²) in [6.45, 7) is 8.82. The van der Waals surface area contributed by atoms with E-state index in [0.29, 0.717) is 12.0 Å². The number of ether oxygens (including phenoxy) is 1. The molecule has 1 aliphatic rings. The van der Waals surface area contributed by atoms with Gasteiger partial charge in [0.1, 0.15) is 11.6 Å². The summed E-state index contributed by atoms with van der Waals surface area (Å²) in [6, 6.07) is 2.33. The number of nitrogens with two attached hydrogens (primary N) is 1. The van der Waals surface area contributed by atoms with Gasteiger partial charge in [-0.2, -0.15) is 9.97 Å². The molecule has 0 saturated carbocycles. The molecule has 1 fully saturated rings. The van der Waals surface area contributed by atoms with Gasteiger partial charge in [-0.1, -0.05) is 13.8 Å². The lowest BCUT2D eigenvalue weighted by atomic mass is 10.1. The first-order chi connectivity index (χ1) is 9.63. The smallest absolute Gasteiger partial charge is 0.223 e. The molecular formula is C14H25N5O. The van der Waals surface area contributed by atoms with E-state index in [1.54, 1.807) is 0 Å². The summed E-state index contributed by atoms with van der Waals surface area (Å²) in [6.07, 6.45) is 2.28. The molecule has 20 heavy (non-hydrogen) atoms. The second-order valence-electron chi connectivity index (χ2n) is 5.25. The quantitative estimate of drug-likeness (QED) is 0.857. The highest BCUT2D eigenvalue weighted by molar-refractivity contribution is 5.53. The van der Waals surface area contributed by atoms with Gasteiger partial charge in [0.15, 0.2) is 0 Å². The predicted octanol–water partition coefficient (Wildman–Crippen LogP) is 1.88. The maximum atomic E-state index is 5.84. The van der Waals surface area contributed by atoms with Crippen LogP contribution in [0.2, 0.25) is 0 Å². The summed E-state index contributed by atoms with van der Waals surface area (Å²) in [4.78, 5) is 10.9. The molecule has 0 bridgehead atoms. The van der Waals surface area contributed by atoms with Crippen LogP contribution in [0.15, 0.2) is 6.07 Å². The van der Waals surface area contributed by atoms with Gasteiger partial charge in [0.25, 0.3) is 0 Å². The average molecular weight is 279 g/mol. The predicted molar refractivity (Wildman–Crippen MR) is 82.1 cm³/mol. The molecule has 2 rings (SSSR count). The SMILES string of the molecule is CCCNc1cc(N2CC(C)OCC2CC)nc(N)n1. The number of nitrogens with one attached hydrogen (secondary N) is 1. The van der Waals surface area contributed by atoms with E-state index in [1.807, 2.05) is 6.07 Å². The number of rotatable bonds is 5. The minimum absolute atomic E-state index is 0.209. The highest BCUT2D eigenvalue weighted by atomic mass is 16.5. The molecule has 1 aromatic rings. The molecule has 0 radical (unpaired) electrons. The topological polar surface area (TPSA) is 76.3 Å². The molecule has 112 valence electrons. The molecule has 0 aromatic carbocycles. The third kappa shape index (κ3) is 3.50. The molecule has 0 aliphatic carbocycles. The Morgan fingerprint density at radius 2 is 2.25 bits per heavy atom. The van der Waals surface area contributed by atoms with E-state index in [1.165, 1.54) is 0 Å². The number of aromatic nitrogens is 2. The number of morpholine rings is 1. The molecule has 6 heteroatoms. The van der Waals surface area contributed by atoms with Crippen molar-refractivity contribution in [2.24, 2.45) is 0 Å². The van der Waals surface area contributed by atoms with E-state index in [4.69, 9.17) is 10.5 Å². The van der Waals surface area contributed by atoms with E-state index >= 15 is 0 Å². The second-order valence-corrected chi connectivity index (χ2v) is 5.25. The fraction of sp³-hybridized carbons (Fsp3) is 0.714. The van der Waals surface area contributed by atoms with E-state index in [9.17, 15) is 0 Å². The monoisotopic (exact) mass is 279 g/mol. The van der Waals surface area contributed by atoms with E-state index in [0.717, 1.165) is 44.2 Å². The Morgan fingerprint density at radius 1 is 1.45 bits per heavy atom. The Balaban J connectivity index is 2.22. The number of anilines is 3. The van der Waals surface area contributed by atoms with Gasteiger partial charge < -0.3 is 20.7 Å². The Kier molecular flexibility index (Phi) is 5.00. The van der Waals surface area contributed by atoms with Gasteiger partial charge in [0.2, 0.25) is 5.95 Å². The molecule has 6 nitrogen and oxygen atoms in total.